The van der Waals surface area contributed by atoms with Crippen LogP contribution in [0.1, 0.15) is 63.6 Å². The van der Waals surface area contributed by atoms with Crippen molar-refractivity contribution in [2.45, 2.75) is 90.6 Å². The van der Waals surface area contributed by atoms with E-state index in [1.54, 1.807) is 26.0 Å². The van der Waals surface area contributed by atoms with Gasteiger partial charge in [0.1, 0.15) is 24.5 Å². The summed E-state index contributed by atoms with van der Waals surface area (Å²) in [5, 5.41) is 0. The fraction of sp³-hybridized carbons (Fsp3) is 0.659. The Balaban J connectivity index is 1.62. The van der Waals surface area contributed by atoms with Crippen LogP contribution in [-0.2, 0) is 51.2 Å². The third kappa shape index (κ3) is 12.4. The fourth-order valence-corrected chi connectivity index (χ4v) is 6.65. The van der Waals surface area contributed by atoms with Crippen molar-refractivity contribution in [3.8, 4) is 5.75 Å². The van der Waals surface area contributed by atoms with Gasteiger partial charge in [0.25, 0.3) is 0 Å². The molecule has 1 saturated heterocycles. The first-order valence-electron chi connectivity index (χ1n) is 19.3. The second-order valence-corrected chi connectivity index (χ2v) is 15.0. The SMILES string of the molecule is COCCCN1CCOc2ccc(CO[C@H]3CN(C(=O)[C@@H](N)C(C)C)C[C@@H](OC[C@@H](C)OC(=O)[C@@H](N)C(C)C)[C@@H]3c3ccc(COCCOC)cc3)cc21. The van der Waals surface area contributed by atoms with Gasteiger partial charge in [0.05, 0.1) is 63.5 Å². The number of likely N-dealkylation sites (tertiary alicyclic amines) is 1. The summed E-state index contributed by atoms with van der Waals surface area (Å²) in [5.41, 5.74) is 16.5. The summed E-state index contributed by atoms with van der Waals surface area (Å²) in [5.74, 6) is -0.165. The van der Waals surface area contributed by atoms with E-state index in [0.29, 0.717) is 52.7 Å². The van der Waals surface area contributed by atoms with Crippen LogP contribution in [0.15, 0.2) is 42.5 Å². The van der Waals surface area contributed by atoms with Crippen molar-refractivity contribution in [2.75, 3.05) is 78.3 Å². The van der Waals surface area contributed by atoms with Crippen LogP contribution in [0.3, 0.4) is 0 Å². The number of esters is 1. The summed E-state index contributed by atoms with van der Waals surface area (Å²) in [6.45, 7) is 14.9. The number of fused-ring (bicyclic) bond motifs is 1. The number of carbonyl (C=O) groups is 2. The van der Waals surface area contributed by atoms with E-state index in [0.717, 1.165) is 47.6 Å². The molecule has 302 valence electrons. The Kier molecular flexibility index (Phi) is 17.5. The standard InChI is InChI=1S/C41H64N4O9/c1-27(2)38(42)40(46)45-22-35(52-24-29(5)54-41(47)39(43)28(3)4)37(32-12-9-30(10-13-32)25-50-20-19-49-7)36(23-45)53-26-31-11-14-34-33(21-31)44(16-18-51-34)15-8-17-48-6/h9-14,21,27-29,35-39H,8,15-20,22-26,42-43H2,1-7H3/t29-,35-,36+,37+,38+,39+/m1/s1. The van der Waals surface area contributed by atoms with E-state index in [4.69, 9.17) is 44.6 Å². The van der Waals surface area contributed by atoms with Gasteiger partial charge in [0, 0.05) is 46.4 Å². The second kappa shape index (κ2) is 21.7. The lowest BCUT2D eigenvalue weighted by Gasteiger charge is -2.44. The number of carbonyl (C=O) groups excluding carboxylic acids is 2. The molecule has 1 amide bonds. The second-order valence-electron chi connectivity index (χ2n) is 15.0. The van der Waals surface area contributed by atoms with Gasteiger partial charge >= 0.3 is 5.97 Å². The van der Waals surface area contributed by atoms with Crippen molar-refractivity contribution in [1.29, 1.82) is 0 Å². The molecule has 2 aliphatic heterocycles. The van der Waals surface area contributed by atoms with Gasteiger partial charge in [-0.15, -0.1) is 0 Å². The first-order chi connectivity index (χ1) is 25.9. The molecule has 0 bridgehead atoms. The van der Waals surface area contributed by atoms with Gasteiger partial charge in [0.15, 0.2) is 0 Å². The number of rotatable bonds is 21. The molecule has 6 atom stereocenters. The van der Waals surface area contributed by atoms with Gasteiger partial charge in [-0.3, -0.25) is 9.59 Å². The number of benzene rings is 2. The van der Waals surface area contributed by atoms with E-state index in [2.05, 4.69) is 23.1 Å². The molecule has 2 aromatic rings. The number of hydrogen-bond donors (Lipinski definition) is 2. The van der Waals surface area contributed by atoms with E-state index < -0.39 is 36.4 Å². The number of piperidine rings is 1. The maximum Gasteiger partial charge on any atom is 0.323 e. The molecule has 0 spiro atoms. The number of amides is 1. The highest BCUT2D eigenvalue weighted by Gasteiger charge is 2.42. The van der Waals surface area contributed by atoms with E-state index >= 15 is 0 Å². The maximum absolute atomic E-state index is 13.8. The zero-order chi connectivity index (χ0) is 39.2. The molecule has 2 heterocycles. The Morgan fingerprint density at radius 1 is 0.833 bits per heavy atom. The molecular weight excluding hydrogens is 692 g/mol. The van der Waals surface area contributed by atoms with Gasteiger partial charge in [-0.25, -0.2) is 0 Å². The largest absolute Gasteiger partial charge is 0.490 e. The minimum atomic E-state index is -0.733. The topological polar surface area (TPSA) is 157 Å². The predicted octanol–water partition coefficient (Wildman–Crippen LogP) is 3.88. The number of ether oxygens (including phenoxy) is 7. The lowest BCUT2D eigenvalue weighted by molar-refractivity contribution is -0.160. The van der Waals surface area contributed by atoms with Gasteiger partial charge < -0.3 is 54.4 Å². The van der Waals surface area contributed by atoms with Crippen molar-refractivity contribution < 1.29 is 42.7 Å². The number of hydrogen-bond acceptors (Lipinski definition) is 12. The van der Waals surface area contributed by atoms with Gasteiger partial charge in [-0.1, -0.05) is 58.0 Å². The number of nitrogens with zero attached hydrogens (tertiary/aromatic N) is 2. The summed E-state index contributed by atoms with van der Waals surface area (Å²) >= 11 is 0. The highest BCUT2D eigenvalue weighted by atomic mass is 16.6. The lowest BCUT2D eigenvalue weighted by atomic mass is 9.83. The quantitative estimate of drug-likeness (QED) is 0.140. The third-order valence-electron chi connectivity index (χ3n) is 10.1. The minimum absolute atomic E-state index is 0.0539. The lowest BCUT2D eigenvalue weighted by Crippen LogP contribution is -2.58. The van der Waals surface area contributed by atoms with E-state index in [9.17, 15) is 9.59 Å². The summed E-state index contributed by atoms with van der Waals surface area (Å²) in [4.78, 5) is 30.6. The Bertz CT molecular complexity index is 1440. The maximum atomic E-state index is 13.8. The number of anilines is 1. The van der Waals surface area contributed by atoms with Gasteiger partial charge in [0.2, 0.25) is 5.91 Å². The summed E-state index contributed by atoms with van der Waals surface area (Å²) in [7, 11) is 3.36. The third-order valence-corrected chi connectivity index (χ3v) is 10.1. The normalized spacial score (nSPS) is 20.4. The van der Waals surface area contributed by atoms with Crippen molar-refractivity contribution in [3.05, 3.63) is 59.2 Å². The van der Waals surface area contributed by atoms with Gasteiger partial charge in [-0.2, -0.15) is 0 Å². The molecular formula is C41H64N4O9. The number of methoxy groups -OCH3 is 2. The molecule has 54 heavy (non-hydrogen) atoms. The van der Waals surface area contributed by atoms with Crippen LogP contribution in [0.4, 0.5) is 5.69 Å². The van der Waals surface area contributed by atoms with Crippen LogP contribution in [0.25, 0.3) is 0 Å². The molecule has 2 aromatic carbocycles. The van der Waals surface area contributed by atoms with E-state index in [-0.39, 0.29) is 30.3 Å². The molecule has 0 unspecified atom stereocenters. The Morgan fingerprint density at radius 3 is 2.17 bits per heavy atom. The fourth-order valence-electron chi connectivity index (χ4n) is 6.65. The molecule has 13 heteroatoms. The zero-order valence-electron chi connectivity index (χ0n) is 33.4. The molecule has 4 N–H and O–H groups in total. The van der Waals surface area contributed by atoms with Gasteiger partial charge in [-0.05, 0) is 54.0 Å². The molecule has 0 saturated carbocycles. The highest BCUT2D eigenvalue weighted by Crippen LogP contribution is 2.36. The minimum Gasteiger partial charge on any atom is -0.490 e. The van der Waals surface area contributed by atoms with Crippen LogP contribution in [0.2, 0.25) is 0 Å². The molecule has 0 radical (unpaired) electrons. The summed E-state index contributed by atoms with van der Waals surface area (Å²) in [6.07, 6.45) is -0.607. The van der Waals surface area contributed by atoms with Crippen LogP contribution >= 0.6 is 0 Å². The van der Waals surface area contributed by atoms with E-state index in [1.165, 1.54) is 0 Å². The summed E-state index contributed by atoms with van der Waals surface area (Å²) < 4.78 is 41.3. The Labute approximate surface area is 321 Å². The average molecular weight is 757 g/mol. The molecule has 4 rings (SSSR count). The van der Waals surface area contributed by atoms with Crippen LogP contribution in [-0.4, -0.2) is 121 Å². The van der Waals surface area contributed by atoms with Crippen LogP contribution in [0.5, 0.6) is 5.75 Å². The van der Waals surface area contributed by atoms with Crippen LogP contribution < -0.4 is 21.1 Å². The van der Waals surface area contributed by atoms with Crippen LogP contribution in [0, 0.1) is 11.8 Å². The summed E-state index contributed by atoms with van der Waals surface area (Å²) in [6, 6.07) is 13.0. The highest BCUT2D eigenvalue weighted by molar-refractivity contribution is 5.82. The predicted molar refractivity (Wildman–Crippen MR) is 207 cm³/mol. The molecule has 2 aliphatic rings. The molecule has 0 aromatic heterocycles. The molecule has 13 nitrogen and oxygen atoms in total. The van der Waals surface area contributed by atoms with E-state index in [1.807, 2.05) is 52.0 Å². The van der Waals surface area contributed by atoms with Crippen molar-refractivity contribution in [1.82, 2.24) is 4.90 Å². The van der Waals surface area contributed by atoms with Crippen molar-refractivity contribution in [3.63, 3.8) is 0 Å². The van der Waals surface area contributed by atoms with Crippen molar-refractivity contribution >= 4 is 17.6 Å². The Hall–Kier alpha value is -3.30. The Morgan fingerprint density at radius 2 is 1.50 bits per heavy atom. The first-order valence-corrected chi connectivity index (χ1v) is 19.3. The molecule has 1 fully saturated rings. The van der Waals surface area contributed by atoms with Crippen molar-refractivity contribution in [2.24, 2.45) is 23.3 Å². The smallest absolute Gasteiger partial charge is 0.323 e. The number of nitrogens with two attached hydrogens (primary N) is 2. The zero-order valence-corrected chi connectivity index (χ0v) is 33.4. The first kappa shape index (κ1) is 43.4. The monoisotopic (exact) mass is 756 g/mol. The molecule has 0 aliphatic carbocycles. The average Bonchev–Trinajstić information content (AvgIpc) is 3.17.